The second-order valence-electron chi connectivity index (χ2n) is 11.9. The maximum absolute atomic E-state index is 4.78. The zero-order valence-electron chi connectivity index (χ0n) is 23.0. The molecular weight excluding hydrogens is 510 g/mol. The number of hydrogen-bond donors (Lipinski definition) is 0. The van der Waals surface area contributed by atoms with Crippen LogP contribution in [0.2, 0.25) is 0 Å². The van der Waals surface area contributed by atoms with Gasteiger partial charge >= 0.3 is 0 Å². The molecular formula is C39H25N3. The lowest BCUT2D eigenvalue weighted by Gasteiger charge is -2.41. The number of benzene rings is 5. The van der Waals surface area contributed by atoms with E-state index in [1.54, 1.807) is 12.4 Å². The minimum atomic E-state index is -0.166. The Balaban J connectivity index is 1.37. The second-order valence-corrected chi connectivity index (χ2v) is 11.9. The van der Waals surface area contributed by atoms with Gasteiger partial charge in [0.15, 0.2) is 0 Å². The molecule has 0 radical (unpaired) electrons. The number of nitrogens with zero attached hydrogens (tertiary/aromatic N) is 3. The van der Waals surface area contributed by atoms with Crippen molar-refractivity contribution in [2.75, 3.05) is 0 Å². The Bertz CT molecular complexity index is 2400. The number of aromatic nitrogens is 3. The molecule has 2 heterocycles. The van der Waals surface area contributed by atoms with E-state index >= 15 is 0 Å². The summed E-state index contributed by atoms with van der Waals surface area (Å²) in [4.78, 5) is 9.51. The molecule has 2 atom stereocenters. The van der Waals surface area contributed by atoms with E-state index in [1.165, 1.54) is 55.2 Å². The van der Waals surface area contributed by atoms with Crippen LogP contribution in [0.4, 0.5) is 0 Å². The van der Waals surface area contributed by atoms with Crippen LogP contribution >= 0.6 is 0 Å². The first-order valence-corrected chi connectivity index (χ1v) is 14.6. The first-order chi connectivity index (χ1) is 20.7. The maximum Gasteiger partial charge on any atom is 0.0971 e. The van der Waals surface area contributed by atoms with Gasteiger partial charge in [0.1, 0.15) is 0 Å². The van der Waals surface area contributed by atoms with E-state index in [4.69, 9.17) is 9.97 Å². The number of rotatable bonds is 1. The van der Waals surface area contributed by atoms with Crippen molar-refractivity contribution in [3.8, 4) is 16.8 Å². The summed E-state index contributed by atoms with van der Waals surface area (Å²) in [5.74, 6) is 0.300. The predicted molar refractivity (Wildman–Crippen MR) is 174 cm³/mol. The number of hydrogen-bond acceptors (Lipinski definition) is 2. The molecule has 0 N–H and O–H groups in total. The van der Waals surface area contributed by atoms with Crippen molar-refractivity contribution in [2.24, 2.45) is 5.92 Å². The van der Waals surface area contributed by atoms with E-state index in [2.05, 4.69) is 127 Å². The van der Waals surface area contributed by atoms with Crippen LogP contribution in [0.1, 0.15) is 23.7 Å². The Kier molecular flexibility index (Phi) is 4.12. The van der Waals surface area contributed by atoms with Gasteiger partial charge in [-0.2, -0.15) is 0 Å². The Labute approximate surface area is 242 Å². The van der Waals surface area contributed by atoms with Crippen LogP contribution < -0.4 is 0 Å². The van der Waals surface area contributed by atoms with Crippen LogP contribution in [0.5, 0.6) is 0 Å². The van der Waals surface area contributed by atoms with E-state index in [0.717, 1.165) is 27.5 Å². The molecule has 42 heavy (non-hydrogen) atoms. The van der Waals surface area contributed by atoms with Gasteiger partial charge in [0.05, 0.1) is 22.2 Å². The molecule has 0 spiro atoms. The lowest BCUT2D eigenvalue weighted by molar-refractivity contribution is 0.514. The van der Waals surface area contributed by atoms with Gasteiger partial charge < -0.3 is 4.57 Å². The van der Waals surface area contributed by atoms with Crippen LogP contribution in [0.25, 0.3) is 71.9 Å². The Morgan fingerprint density at radius 1 is 0.690 bits per heavy atom. The quantitative estimate of drug-likeness (QED) is 0.196. The monoisotopic (exact) mass is 535 g/mol. The molecule has 0 saturated heterocycles. The molecule has 0 fully saturated rings. The van der Waals surface area contributed by atoms with E-state index in [-0.39, 0.29) is 5.41 Å². The number of fused-ring (bicyclic) bond motifs is 9. The molecule has 3 aliphatic rings. The highest BCUT2D eigenvalue weighted by atomic mass is 15.0. The highest BCUT2D eigenvalue weighted by Crippen LogP contribution is 2.58. The first kappa shape index (κ1) is 22.4. The van der Waals surface area contributed by atoms with Gasteiger partial charge in [0.2, 0.25) is 0 Å². The lowest BCUT2D eigenvalue weighted by Crippen LogP contribution is -2.35. The molecule has 3 aliphatic carbocycles. The summed E-state index contributed by atoms with van der Waals surface area (Å²) in [7, 11) is 0. The molecule has 5 aromatic carbocycles. The maximum atomic E-state index is 4.78. The van der Waals surface area contributed by atoms with Gasteiger partial charge in [0.25, 0.3) is 0 Å². The van der Waals surface area contributed by atoms with Gasteiger partial charge in [0, 0.05) is 45.6 Å². The minimum Gasteiger partial charge on any atom is -0.310 e. The fourth-order valence-electron chi connectivity index (χ4n) is 8.19. The van der Waals surface area contributed by atoms with Gasteiger partial charge in [-0.25, -0.2) is 0 Å². The lowest BCUT2D eigenvalue weighted by atomic mass is 9.61. The Hall–Kier alpha value is -5.28. The van der Waals surface area contributed by atoms with Crippen molar-refractivity contribution in [3.63, 3.8) is 0 Å². The van der Waals surface area contributed by atoms with E-state index < -0.39 is 0 Å². The van der Waals surface area contributed by atoms with Crippen molar-refractivity contribution in [2.45, 2.75) is 12.3 Å². The molecule has 0 bridgehead atoms. The Morgan fingerprint density at radius 2 is 1.43 bits per heavy atom. The van der Waals surface area contributed by atoms with Crippen LogP contribution in [0, 0.1) is 5.92 Å². The highest BCUT2D eigenvalue weighted by Gasteiger charge is 2.47. The van der Waals surface area contributed by atoms with Gasteiger partial charge in [-0.1, -0.05) is 98.0 Å². The van der Waals surface area contributed by atoms with Crippen molar-refractivity contribution in [1.29, 1.82) is 0 Å². The molecule has 0 aliphatic heterocycles. The van der Waals surface area contributed by atoms with Crippen molar-refractivity contribution in [1.82, 2.24) is 14.5 Å². The van der Waals surface area contributed by atoms with Crippen molar-refractivity contribution >= 4 is 55.1 Å². The SMILES string of the molecule is CC12C3=CC=CC1C=Cc1c2c2c(cccc2n1-c1ccc2c(c1)c1ccccc1c1nccnc21)-c1ccccc13. The first-order valence-electron chi connectivity index (χ1n) is 14.6. The standard InChI is InChI=1S/C39H25N3/c1-39-23-8-6-14-32(39)27-11-4-2-9-25(27)28-13-7-15-33-35(28)36(39)34(19-16-23)42(33)24-17-18-30-31(22-24)26-10-3-5-12-29(26)37-38(30)41-21-20-40-37/h2-23H,1H3. The molecule has 10 rings (SSSR count). The molecule has 2 unspecified atom stereocenters. The summed E-state index contributed by atoms with van der Waals surface area (Å²) in [6.07, 6.45) is 15.3. The zero-order chi connectivity index (χ0) is 27.6. The average Bonchev–Trinajstić information content (AvgIpc) is 3.35. The predicted octanol–water partition coefficient (Wildman–Crippen LogP) is 9.41. The average molecular weight is 536 g/mol. The van der Waals surface area contributed by atoms with Crippen LogP contribution in [-0.4, -0.2) is 14.5 Å². The van der Waals surface area contributed by atoms with Crippen LogP contribution in [0.15, 0.2) is 122 Å². The largest absolute Gasteiger partial charge is 0.310 e. The highest BCUT2D eigenvalue weighted by molar-refractivity contribution is 6.23. The third-order valence-electron chi connectivity index (χ3n) is 10.0. The Morgan fingerprint density at radius 3 is 2.29 bits per heavy atom. The van der Waals surface area contributed by atoms with E-state index in [1.807, 2.05) is 0 Å². The summed E-state index contributed by atoms with van der Waals surface area (Å²) in [5.41, 5.74) is 12.2. The normalized spacial score (nSPS) is 19.8. The molecule has 3 heteroatoms. The molecule has 7 aromatic rings. The summed E-state index contributed by atoms with van der Waals surface area (Å²) in [6.45, 7) is 2.46. The summed E-state index contributed by atoms with van der Waals surface area (Å²) < 4.78 is 2.49. The van der Waals surface area contributed by atoms with Gasteiger partial charge in [-0.05, 0) is 62.9 Å². The van der Waals surface area contributed by atoms with Crippen molar-refractivity contribution < 1.29 is 0 Å². The molecule has 0 saturated carbocycles. The number of allylic oxidation sites excluding steroid dienone is 5. The van der Waals surface area contributed by atoms with Gasteiger partial charge in [-0.15, -0.1) is 0 Å². The third-order valence-corrected chi connectivity index (χ3v) is 10.0. The smallest absolute Gasteiger partial charge is 0.0971 e. The summed E-state index contributed by atoms with van der Waals surface area (Å²) in [6, 6.07) is 31.2. The molecule has 196 valence electrons. The third kappa shape index (κ3) is 2.58. The summed E-state index contributed by atoms with van der Waals surface area (Å²) >= 11 is 0. The second kappa shape index (κ2) is 7.71. The molecule has 3 nitrogen and oxygen atoms in total. The van der Waals surface area contributed by atoms with Crippen LogP contribution in [0.3, 0.4) is 0 Å². The van der Waals surface area contributed by atoms with Crippen LogP contribution in [-0.2, 0) is 5.41 Å². The van der Waals surface area contributed by atoms with Crippen molar-refractivity contribution in [3.05, 3.63) is 138 Å². The minimum absolute atomic E-state index is 0.166. The fourth-order valence-corrected chi connectivity index (χ4v) is 8.19. The summed E-state index contributed by atoms with van der Waals surface area (Å²) in [5, 5.41) is 6.03. The fraction of sp³-hybridized carbons (Fsp3) is 0.0769. The van der Waals surface area contributed by atoms with E-state index in [0.29, 0.717) is 5.92 Å². The zero-order valence-corrected chi connectivity index (χ0v) is 23.0. The molecule has 0 amide bonds. The topological polar surface area (TPSA) is 30.7 Å². The van der Waals surface area contributed by atoms with Gasteiger partial charge in [-0.3, -0.25) is 9.97 Å². The van der Waals surface area contributed by atoms with E-state index in [9.17, 15) is 0 Å². The molecule has 2 aromatic heterocycles.